The first-order chi connectivity index (χ1) is 10.2. The summed E-state index contributed by atoms with van der Waals surface area (Å²) in [5.41, 5.74) is 3.74. The Bertz CT molecular complexity index is 624. The second kappa shape index (κ2) is 6.27. The summed E-state index contributed by atoms with van der Waals surface area (Å²) in [6.45, 7) is 4.13. The van der Waals surface area contributed by atoms with E-state index in [1.54, 1.807) is 0 Å². The Morgan fingerprint density at radius 3 is 2.57 bits per heavy atom. The fourth-order valence-corrected chi connectivity index (χ4v) is 3.13. The molecule has 3 rings (SSSR count). The van der Waals surface area contributed by atoms with Crippen molar-refractivity contribution in [2.75, 3.05) is 18.4 Å². The number of nitrogens with zero attached hydrogens (tertiary/aromatic N) is 1. The SMILES string of the molecule is Cc1ccccc1NC(=S)N1CC[C@H](c2ccccc2)C1. The van der Waals surface area contributed by atoms with Gasteiger partial charge in [-0.25, -0.2) is 0 Å². The molecule has 2 aromatic rings. The van der Waals surface area contributed by atoms with Crippen LogP contribution in [0, 0.1) is 6.92 Å². The van der Waals surface area contributed by atoms with Crippen LogP contribution in [0.1, 0.15) is 23.5 Å². The lowest BCUT2D eigenvalue weighted by atomic mass is 9.99. The van der Waals surface area contributed by atoms with Gasteiger partial charge in [0.2, 0.25) is 0 Å². The molecule has 0 unspecified atom stereocenters. The van der Waals surface area contributed by atoms with Gasteiger partial charge >= 0.3 is 0 Å². The molecule has 1 aliphatic heterocycles. The van der Waals surface area contributed by atoms with Gasteiger partial charge in [0, 0.05) is 24.7 Å². The number of likely N-dealkylation sites (tertiary alicyclic amines) is 1. The predicted molar refractivity (Wildman–Crippen MR) is 92.8 cm³/mol. The Morgan fingerprint density at radius 2 is 1.81 bits per heavy atom. The third-order valence-corrected chi connectivity index (χ3v) is 4.49. The maximum Gasteiger partial charge on any atom is 0.173 e. The average molecular weight is 296 g/mol. The van der Waals surface area contributed by atoms with Gasteiger partial charge in [-0.15, -0.1) is 0 Å². The highest BCUT2D eigenvalue weighted by Crippen LogP contribution is 2.27. The molecule has 1 N–H and O–H groups in total. The topological polar surface area (TPSA) is 15.3 Å². The van der Waals surface area contributed by atoms with Crippen molar-refractivity contribution in [3.63, 3.8) is 0 Å². The van der Waals surface area contributed by atoms with E-state index in [1.807, 2.05) is 12.1 Å². The minimum absolute atomic E-state index is 0.586. The molecule has 0 saturated carbocycles. The summed E-state index contributed by atoms with van der Waals surface area (Å²) in [5, 5.41) is 4.22. The lowest BCUT2D eigenvalue weighted by molar-refractivity contribution is 0.518. The molecule has 0 aliphatic carbocycles. The van der Waals surface area contributed by atoms with Crippen LogP contribution in [0.2, 0.25) is 0 Å². The Hall–Kier alpha value is -1.87. The van der Waals surface area contributed by atoms with Crippen LogP contribution in [0.25, 0.3) is 0 Å². The second-order valence-corrected chi connectivity index (χ2v) is 5.97. The standard InChI is InChI=1S/C18H20N2S/c1-14-7-5-6-10-17(14)19-18(21)20-12-11-16(13-20)15-8-3-2-4-9-15/h2-10,16H,11-13H2,1H3,(H,19,21)/t16-/m0/s1. The van der Waals surface area contributed by atoms with E-state index in [-0.39, 0.29) is 0 Å². The number of hydrogen-bond donors (Lipinski definition) is 1. The summed E-state index contributed by atoms with van der Waals surface area (Å²) in [6, 6.07) is 19.0. The zero-order valence-electron chi connectivity index (χ0n) is 12.3. The molecule has 0 radical (unpaired) electrons. The van der Waals surface area contributed by atoms with Crippen molar-refractivity contribution in [1.29, 1.82) is 0 Å². The Balaban J connectivity index is 1.64. The van der Waals surface area contributed by atoms with Crippen LogP contribution >= 0.6 is 12.2 Å². The molecule has 0 amide bonds. The minimum atomic E-state index is 0.586. The first-order valence-electron chi connectivity index (χ1n) is 7.40. The number of thiocarbonyl (C=S) groups is 1. The fraction of sp³-hybridized carbons (Fsp3) is 0.278. The summed E-state index contributed by atoms with van der Waals surface area (Å²) in [5.74, 6) is 0.586. The summed E-state index contributed by atoms with van der Waals surface area (Å²) in [4.78, 5) is 2.28. The monoisotopic (exact) mass is 296 g/mol. The lowest BCUT2D eigenvalue weighted by Gasteiger charge is -2.21. The van der Waals surface area contributed by atoms with Gasteiger partial charge in [-0.3, -0.25) is 0 Å². The van der Waals surface area contributed by atoms with Crippen LogP contribution in [-0.4, -0.2) is 23.1 Å². The molecule has 1 fully saturated rings. The van der Waals surface area contributed by atoms with Crippen molar-refractivity contribution in [2.24, 2.45) is 0 Å². The largest absolute Gasteiger partial charge is 0.348 e. The molecule has 1 aliphatic rings. The number of aryl methyl sites for hydroxylation is 1. The number of rotatable bonds is 2. The number of nitrogens with one attached hydrogen (secondary N) is 1. The Labute approximate surface area is 131 Å². The summed E-state index contributed by atoms with van der Waals surface area (Å²) in [7, 11) is 0. The van der Waals surface area contributed by atoms with Crippen molar-refractivity contribution in [1.82, 2.24) is 4.90 Å². The molecule has 1 heterocycles. The van der Waals surface area contributed by atoms with Gasteiger partial charge in [-0.2, -0.15) is 0 Å². The quantitative estimate of drug-likeness (QED) is 0.837. The van der Waals surface area contributed by atoms with Crippen LogP contribution in [0.4, 0.5) is 5.69 Å². The average Bonchev–Trinajstić information content (AvgIpc) is 3.00. The van der Waals surface area contributed by atoms with Crippen molar-refractivity contribution < 1.29 is 0 Å². The molecule has 0 bridgehead atoms. The van der Waals surface area contributed by atoms with Crippen molar-refractivity contribution in [2.45, 2.75) is 19.3 Å². The van der Waals surface area contributed by atoms with Crippen molar-refractivity contribution in [3.05, 3.63) is 65.7 Å². The van der Waals surface area contributed by atoms with E-state index in [0.29, 0.717) is 5.92 Å². The molecule has 2 nitrogen and oxygen atoms in total. The Morgan fingerprint density at radius 1 is 1.10 bits per heavy atom. The first-order valence-corrected chi connectivity index (χ1v) is 7.81. The van der Waals surface area contributed by atoms with Gasteiger partial charge in [0.15, 0.2) is 5.11 Å². The van der Waals surface area contributed by atoms with Crippen LogP contribution in [0.15, 0.2) is 54.6 Å². The van der Waals surface area contributed by atoms with Gasteiger partial charge in [0.05, 0.1) is 0 Å². The Kier molecular flexibility index (Phi) is 4.20. The zero-order chi connectivity index (χ0) is 14.7. The normalized spacial score (nSPS) is 17.8. The highest BCUT2D eigenvalue weighted by Gasteiger charge is 2.25. The molecule has 21 heavy (non-hydrogen) atoms. The molecule has 0 spiro atoms. The van der Waals surface area contributed by atoms with Gasteiger partial charge in [-0.05, 0) is 42.8 Å². The molecule has 108 valence electrons. The van der Waals surface area contributed by atoms with Crippen LogP contribution < -0.4 is 5.32 Å². The molecule has 0 aromatic heterocycles. The van der Waals surface area contributed by atoms with E-state index in [9.17, 15) is 0 Å². The van der Waals surface area contributed by atoms with Crippen molar-refractivity contribution >= 4 is 23.0 Å². The minimum Gasteiger partial charge on any atom is -0.348 e. The zero-order valence-corrected chi connectivity index (χ0v) is 13.1. The molecular formula is C18H20N2S. The van der Waals surface area contributed by atoms with E-state index >= 15 is 0 Å². The van der Waals surface area contributed by atoms with E-state index in [1.165, 1.54) is 17.5 Å². The molecule has 2 aromatic carbocycles. The highest BCUT2D eigenvalue weighted by molar-refractivity contribution is 7.80. The second-order valence-electron chi connectivity index (χ2n) is 5.59. The first kappa shape index (κ1) is 14.1. The van der Waals surface area contributed by atoms with Gasteiger partial charge in [0.1, 0.15) is 0 Å². The summed E-state index contributed by atoms with van der Waals surface area (Å²) in [6.07, 6.45) is 1.17. The number of benzene rings is 2. The van der Waals surface area contributed by atoms with Crippen LogP contribution in [-0.2, 0) is 0 Å². The number of anilines is 1. The van der Waals surface area contributed by atoms with Gasteiger partial charge in [0.25, 0.3) is 0 Å². The molecule has 1 atom stereocenters. The highest BCUT2D eigenvalue weighted by atomic mass is 32.1. The predicted octanol–water partition coefficient (Wildman–Crippen LogP) is 4.18. The molecule has 3 heteroatoms. The molecule has 1 saturated heterocycles. The van der Waals surface area contributed by atoms with E-state index in [0.717, 1.165) is 23.9 Å². The van der Waals surface area contributed by atoms with Gasteiger partial charge < -0.3 is 10.2 Å². The van der Waals surface area contributed by atoms with Crippen molar-refractivity contribution in [3.8, 4) is 0 Å². The number of hydrogen-bond acceptors (Lipinski definition) is 1. The van der Waals surface area contributed by atoms with Gasteiger partial charge in [-0.1, -0.05) is 48.5 Å². The van der Waals surface area contributed by atoms with E-state index < -0.39 is 0 Å². The molecular weight excluding hydrogens is 276 g/mol. The van der Waals surface area contributed by atoms with Crippen LogP contribution in [0.3, 0.4) is 0 Å². The van der Waals surface area contributed by atoms with E-state index in [2.05, 4.69) is 59.6 Å². The maximum atomic E-state index is 5.57. The smallest absolute Gasteiger partial charge is 0.173 e. The lowest BCUT2D eigenvalue weighted by Crippen LogP contribution is -2.32. The third-order valence-electron chi connectivity index (χ3n) is 4.13. The fourth-order valence-electron chi connectivity index (χ4n) is 2.85. The maximum absolute atomic E-state index is 5.57. The van der Waals surface area contributed by atoms with Crippen LogP contribution in [0.5, 0.6) is 0 Å². The number of para-hydroxylation sites is 1. The van der Waals surface area contributed by atoms with E-state index in [4.69, 9.17) is 12.2 Å². The third kappa shape index (κ3) is 3.24. The summed E-state index contributed by atoms with van der Waals surface area (Å²) < 4.78 is 0. The summed E-state index contributed by atoms with van der Waals surface area (Å²) >= 11 is 5.57.